The molecular weight excluding hydrogens is 348 g/mol. The minimum atomic E-state index is 0.764. The molecule has 0 aliphatic heterocycles. The number of allylic oxidation sites excluding steroid dienone is 2. The predicted octanol–water partition coefficient (Wildman–Crippen LogP) is 6.00. The number of hydrogen-bond acceptors (Lipinski definition) is 2. The Morgan fingerprint density at radius 3 is 2.26 bits per heavy atom. The molecule has 0 atom stereocenters. The van der Waals surface area contributed by atoms with Gasteiger partial charge in [-0.2, -0.15) is 0 Å². The molecule has 2 nitrogen and oxygen atoms in total. The van der Waals surface area contributed by atoms with Gasteiger partial charge in [-0.15, -0.1) is 0 Å². The summed E-state index contributed by atoms with van der Waals surface area (Å²) in [7, 11) is 0. The van der Waals surface area contributed by atoms with Crippen molar-refractivity contribution in [2.75, 3.05) is 0 Å². The van der Waals surface area contributed by atoms with Crippen LogP contribution in [0.4, 0.5) is 0 Å². The molecule has 0 N–H and O–H groups in total. The third kappa shape index (κ3) is 3.40. The Kier molecular flexibility index (Phi) is 4.68. The molecule has 1 aromatic heterocycles. The molecule has 0 saturated carbocycles. The van der Waals surface area contributed by atoms with E-state index >= 15 is 0 Å². The number of hydrogen-bond donors (Lipinski definition) is 0. The molecule has 0 unspecified atom stereocenters. The Bertz CT molecular complexity index is 855. The van der Waals surface area contributed by atoms with Crippen LogP contribution in [0.25, 0.3) is 28.1 Å². The molecule has 0 saturated heterocycles. The Morgan fingerprint density at radius 1 is 0.913 bits per heavy atom. The number of rotatable bonds is 3. The van der Waals surface area contributed by atoms with Gasteiger partial charge in [-0.3, -0.25) is 0 Å². The highest BCUT2D eigenvalue weighted by molar-refractivity contribution is 9.10. The first kappa shape index (κ1) is 15.6. The van der Waals surface area contributed by atoms with Crippen LogP contribution in [0.15, 0.2) is 71.2 Å². The van der Waals surface area contributed by atoms with Gasteiger partial charge in [0.15, 0.2) is 5.82 Å². The van der Waals surface area contributed by atoms with E-state index in [1.807, 2.05) is 62.4 Å². The summed E-state index contributed by atoms with van der Waals surface area (Å²) in [6.07, 6.45) is 2.04. The van der Waals surface area contributed by atoms with Gasteiger partial charge in [-0.1, -0.05) is 70.5 Å². The van der Waals surface area contributed by atoms with Crippen LogP contribution in [0.3, 0.4) is 0 Å². The minimum Gasteiger partial charge on any atom is -0.228 e. The summed E-state index contributed by atoms with van der Waals surface area (Å²) in [5.41, 5.74) is 5.08. The van der Waals surface area contributed by atoms with Crippen molar-refractivity contribution in [3.8, 4) is 22.5 Å². The molecular formula is C20H17BrN2. The van der Waals surface area contributed by atoms with Crippen molar-refractivity contribution in [3.63, 3.8) is 0 Å². The molecule has 0 aliphatic carbocycles. The highest BCUT2D eigenvalue weighted by Crippen LogP contribution is 2.30. The molecule has 1 heterocycles. The van der Waals surface area contributed by atoms with Gasteiger partial charge in [0.1, 0.15) is 0 Å². The number of halogens is 1. The molecule has 0 radical (unpaired) electrons. The smallest absolute Gasteiger partial charge is 0.155 e. The van der Waals surface area contributed by atoms with Crippen LogP contribution in [0.2, 0.25) is 0 Å². The monoisotopic (exact) mass is 364 g/mol. The number of nitrogens with zero attached hydrogens (tertiary/aromatic N) is 2. The second-order valence-corrected chi connectivity index (χ2v) is 6.13. The lowest BCUT2D eigenvalue weighted by molar-refractivity contribution is 1.12. The van der Waals surface area contributed by atoms with Crippen molar-refractivity contribution in [1.29, 1.82) is 0 Å². The summed E-state index contributed by atoms with van der Waals surface area (Å²) in [6.45, 7) is 4.04. The average molecular weight is 365 g/mol. The van der Waals surface area contributed by atoms with Gasteiger partial charge in [0.25, 0.3) is 0 Å². The van der Waals surface area contributed by atoms with Crippen LogP contribution in [0.5, 0.6) is 0 Å². The number of aromatic nitrogens is 2. The molecule has 0 fully saturated rings. The fourth-order valence-corrected chi connectivity index (χ4v) is 2.80. The summed E-state index contributed by atoms with van der Waals surface area (Å²) >= 11 is 3.62. The minimum absolute atomic E-state index is 0.764. The second-order valence-electron chi connectivity index (χ2n) is 5.28. The van der Waals surface area contributed by atoms with Crippen LogP contribution in [-0.4, -0.2) is 9.97 Å². The highest BCUT2D eigenvalue weighted by Gasteiger charge is 2.11. The van der Waals surface area contributed by atoms with Gasteiger partial charge in [0.05, 0.1) is 11.4 Å². The van der Waals surface area contributed by atoms with E-state index in [2.05, 4.69) is 34.1 Å². The molecule has 2 aromatic carbocycles. The zero-order valence-electron chi connectivity index (χ0n) is 13.1. The molecule has 0 bridgehead atoms. The average Bonchev–Trinajstić information content (AvgIpc) is 2.61. The van der Waals surface area contributed by atoms with E-state index in [4.69, 9.17) is 9.97 Å². The maximum Gasteiger partial charge on any atom is 0.155 e. The zero-order chi connectivity index (χ0) is 16.2. The van der Waals surface area contributed by atoms with Crippen LogP contribution in [-0.2, 0) is 0 Å². The van der Waals surface area contributed by atoms with Crippen molar-refractivity contribution in [3.05, 3.63) is 77.0 Å². The fraction of sp³-hybridized carbons (Fsp3) is 0.100. The first-order valence-electron chi connectivity index (χ1n) is 7.51. The molecule has 3 aromatic rings. The third-order valence-electron chi connectivity index (χ3n) is 3.73. The van der Waals surface area contributed by atoms with Gasteiger partial charge in [0.2, 0.25) is 0 Å². The first-order valence-corrected chi connectivity index (χ1v) is 8.31. The van der Waals surface area contributed by atoms with Crippen molar-refractivity contribution in [2.45, 2.75) is 13.8 Å². The topological polar surface area (TPSA) is 25.8 Å². The SMILES string of the molecule is CC=C(C)c1nc(-c2ccccc2)cc(-c2ccccc2Br)n1. The third-order valence-corrected chi connectivity index (χ3v) is 4.42. The van der Waals surface area contributed by atoms with E-state index in [1.165, 1.54) is 0 Å². The Morgan fingerprint density at radius 2 is 1.57 bits per heavy atom. The first-order chi connectivity index (χ1) is 11.2. The molecule has 3 rings (SSSR count). The predicted molar refractivity (Wildman–Crippen MR) is 99.9 cm³/mol. The summed E-state index contributed by atoms with van der Waals surface area (Å²) in [4.78, 5) is 9.49. The van der Waals surface area contributed by atoms with Crippen LogP contribution < -0.4 is 0 Å². The lowest BCUT2D eigenvalue weighted by Gasteiger charge is -2.10. The summed E-state index contributed by atoms with van der Waals surface area (Å²) in [5, 5.41) is 0. The second kappa shape index (κ2) is 6.88. The standard InChI is InChI=1S/C20H17BrN2/c1-3-14(2)20-22-18(15-9-5-4-6-10-15)13-19(23-20)16-11-7-8-12-17(16)21/h3-13H,1-2H3. The molecule has 0 amide bonds. The zero-order valence-corrected chi connectivity index (χ0v) is 14.7. The molecule has 0 spiro atoms. The lowest BCUT2D eigenvalue weighted by atomic mass is 10.1. The largest absolute Gasteiger partial charge is 0.228 e. The van der Waals surface area contributed by atoms with E-state index in [0.29, 0.717) is 0 Å². The van der Waals surface area contributed by atoms with Gasteiger partial charge >= 0.3 is 0 Å². The molecule has 3 heteroatoms. The fourth-order valence-electron chi connectivity index (χ4n) is 2.32. The molecule has 0 aliphatic rings. The summed E-state index contributed by atoms with van der Waals surface area (Å²) in [5.74, 6) is 0.764. The normalized spacial score (nSPS) is 11.5. The highest BCUT2D eigenvalue weighted by atomic mass is 79.9. The van der Waals surface area contributed by atoms with Crippen molar-refractivity contribution >= 4 is 21.5 Å². The van der Waals surface area contributed by atoms with Crippen LogP contribution >= 0.6 is 15.9 Å². The van der Waals surface area contributed by atoms with E-state index < -0.39 is 0 Å². The molecule has 114 valence electrons. The Hall–Kier alpha value is -2.26. The summed E-state index contributed by atoms with van der Waals surface area (Å²) in [6, 6.07) is 20.4. The lowest BCUT2D eigenvalue weighted by Crippen LogP contribution is -1.98. The Labute approximate surface area is 145 Å². The van der Waals surface area contributed by atoms with Crippen LogP contribution in [0, 0.1) is 0 Å². The Balaban J connectivity index is 2.23. The maximum absolute atomic E-state index is 4.75. The van der Waals surface area contributed by atoms with Gasteiger partial charge in [-0.05, 0) is 31.6 Å². The van der Waals surface area contributed by atoms with Gasteiger partial charge in [-0.25, -0.2) is 9.97 Å². The van der Waals surface area contributed by atoms with Crippen molar-refractivity contribution < 1.29 is 0 Å². The number of benzene rings is 2. The van der Waals surface area contributed by atoms with E-state index in [9.17, 15) is 0 Å². The van der Waals surface area contributed by atoms with E-state index in [-0.39, 0.29) is 0 Å². The van der Waals surface area contributed by atoms with Gasteiger partial charge < -0.3 is 0 Å². The van der Waals surface area contributed by atoms with E-state index in [0.717, 1.165) is 38.4 Å². The maximum atomic E-state index is 4.75. The van der Waals surface area contributed by atoms with Crippen molar-refractivity contribution in [2.24, 2.45) is 0 Å². The summed E-state index contributed by atoms with van der Waals surface area (Å²) < 4.78 is 1.03. The van der Waals surface area contributed by atoms with Crippen LogP contribution in [0.1, 0.15) is 19.7 Å². The van der Waals surface area contributed by atoms with Crippen molar-refractivity contribution in [1.82, 2.24) is 9.97 Å². The van der Waals surface area contributed by atoms with Gasteiger partial charge in [0, 0.05) is 15.6 Å². The molecule has 23 heavy (non-hydrogen) atoms. The van der Waals surface area contributed by atoms with E-state index in [1.54, 1.807) is 0 Å². The quantitative estimate of drug-likeness (QED) is 0.569.